The van der Waals surface area contributed by atoms with Crippen LogP contribution in [-0.4, -0.2) is 25.6 Å². The second kappa shape index (κ2) is 3.92. The molecule has 0 spiro atoms. The molecule has 1 aromatic carbocycles. The van der Waals surface area contributed by atoms with Crippen LogP contribution >= 0.6 is 0 Å². The van der Waals surface area contributed by atoms with E-state index in [1.54, 1.807) is 24.3 Å². The highest BCUT2D eigenvalue weighted by Gasteiger charge is 2.03. The molecule has 0 aliphatic rings. The quantitative estimate of drug-likeness (QED) is 0.481. The molecule has 0 heterocycles. The summed E-state index contributed by atoms with van der Waals surface area (Å²) in [5, 5.41) is 8.58. The Hall–Kier alpha value is -1.29. The number of hydrogen-bond acceptors (Lipinski definition) is 3. The van der Waals surface area contributed by atoms with Crippen molar-refractivity contribution in [3.05, 3.63) is 29.8 Å². The molecule has 0 aliphatic carbocycles. The highest BCUT2D eigenvalue weighted by molar-refractivity contribution is 6.45. The first-order valence-electron chi connectivity index (χ1n) is 3.43. The van der Waals surface area contributed by atoms with Gasteiger partial charge in [-0.15, -0.1) is 0 Å². The van der Waals surface area contributed by atoms with Gasteiger partial charge in [-0.25, -0.2) is 4.79 Å². The van der Waals surface area contributed by atoms with Crippen LogP contribution in [0.5, 0.6) is 0 Å². The largest absolute Gasteiger partial charge is 0.465 e. The van der Waals surface area contributed by atoms with Crippen molar-refractivity contribution in [3.63, 3.8) is 0 Å². The van der Waals surface area contributed by atoms with Crippen molar-refractivity contribution in [2.45, 2.75) is 0 Å². The lowest BCUT2D eigenvalue weighted by atomic mass is 9.88. The van der Waals surface area contributed by atoms with E-state index in [1.165, 1.54) is 7.11 Å². The Morgan fingerprint density at radius 1 is 1.42 bits per heavy atom. The summed E-state index contributed by atoms with van der Waals surface area (Å²) in [5.74, 6) is -0.375. The minimum absolute atomic E-state index is 0.375. The Kier molecular flexibility index (Phi) is 2.88. The molecule has 0 saturated carbocycles. The van der Waals surface area contributed by atoms with E-state index in [1.807, 2.05) is 0 Å². The predicted molar refractivity (Wildman–Crippen MR) is 45.4 cm³/mol. The van der Waals surface area contributed by atoms with Gasteiger partial charge in [0.05, 0.1) is 12.7 Å². The van der Waals surface area contributed by atoms with Gasteiger partial charge in [-0.05, 0) is 12.1 Å². The zero-order valence-corrected chi connectivity index (χ0v) is 6.65. The fourth-order valence-electron chi connectivity index (χ4n) is 0.823. The maximum atomic E-state index is 10.9. The topological polar surface area (TPSA) is 46.5 Å². The van der Waals surface area contributed by atoms with Crippen molar-refractivity contribution in [1.82, 2.24) is 0 Å². The second-order valence-electron chi connectivity index (χ2n) is 2.24. The van der Waals surface area contributed by atoms with Crippen LogP contribution in [0.25, 0.3) is 0 Å². The maximum Gasteiger partial charge on any atom is 0.337 e. The molecule has 3 nitrogen and oxygen atoms in total. The number of ether oxygens (including phenoxy) is 1. The molecule has 0 atom stereocenters. The van der Waals surface area contributed by atoms with Crippen LogP contribution in [-0.2, 0) is 4.74 Å². The molecule has 0 unspecified atom stereocenters. The van der Waals surface area contributed by atoms with Crippen LogP contribution in [0.3, 0.4) is 0 Å². The molecule has 4 heteroatoms. The van der Waals surface area contributed by atoms with Crippen molar-refractivity contribution in [2.75, 3.05) is 7.11 Å². The number of benzene rings is 1. The molecule has 0 amide bonds. The highest BCUT2D eigenvalue weighted by atomic mass is 16.5. The van der Waals surface area contributed by atoms with Gasteiger partial charge in [-0.1, -0.05) is 17.6 Å². The van der Waals surface area contributed by atoms with Crippen LogP contribution in [0.1, 0.15) is 10.4 Å². The second-order valence-corrected chi connectivity index (χ2v) is 2.24. The predicted octanol–water partition coefficient (Wildman–Crippen LogP) is -0.290. The third-order valence-electron chi connectivity index (χ3n) is 1.48. The lowest BCUT2D eigenvalue weighted by Crippen LogP contribution is -2.13. The van der Waals surface area contributed by atoms with Gasteiger partial charge < -0.3 is 9.76 Å². The molecule has 12 heavy (non-hydrogen) atoms. The molecule has 61 valence electrons. The van der Waals surface area contributed by atoms with Gasteiger partial charge in [-0.3, -0.25) is 0 Å². The van der Waals surface area contributed by atoms with E-state index in [0.29, 0.717) is 11.0 Å². The Labute approximate surface area is 71.3 Å². The SMILES string of the molecule is COC(=O)c1ccc([B]O)cc1. The average Bonchev–Trinajstić information content (AvgIpc) is 2.17. The Balaban J connectivity index is 2.84. The molecule has 1 radical (unpaired) electrons. The standard InChI is InChI=1S/C8H8BO3/c1-12-8(10)6-2-4-7(9-11)5-3-6/h2-5,11H,1H3. The fraction of sp³-hybridized carbons (Fsp3) is 0.125. The molecule has 1 rings (SSSR count). The van der Waals surface area contributed by atoms with Crippen molar-refractivity contribution in [1.29, 1.82) is 0 Å². The van der Waals surface area contributed by atoms with Gasteiger partial charge in [0.15, 0.2) is 0 Å². The molecule has 0 fully saturated rings. The Morgan fingerprint density at radius 3 is 2.42 bits per heavy atom. The Morgan fingerprint density at radius 2 is 2.00 bits per heavy atom. The summed E-state index contributed by atoms with van der Waals surface area (Å²) in [7, 11) is 2.30. The van der Waals surface area contributed by atoms with Crippen molar-refractivity contribution in [3.8, 4) is 0 Å². The zero-order chi connectivity index (χ0) is 8.97. The van der Waals surface area contributed by atoms with E-state index in [4.69, 9.17) is 5.02 Å². The van der Waals surface area contributed by atoms with Crippen LogP contribution in [0.15, 0.2) is 24.3 Å². The minimum Gasteiger partial charge on any atom is -0.465 e. The summed E-state index contributed by atoms with van der Waals surface area (Å²) in [4.78, 5) is 10.9. The van der Waals surface area contributed by atoms with Crippen LogP contribution in [0.4, 0.5) is 0 Å². The molecular formula is C8H8BO3. The van der Waals surface area contributed by atoms with Gasteiger partial charge in [0.1, 0.15) is 0 Å². The van der Waals surface area contributed by atoms with E-state index in [9.17, 15) is 4.79 Å². The van der Waals surface area contributed by atoms with Gasteiger partial charge in [0.2, 0.25) is 0 Å². The van der Waals surface area contributed by atoms with Crippen LogP contribution in [0, 0.1) is 0 Å². The number of methoxy groups -OCH3 is 1. The van der Waals surface area contributed by atoms with Crippen molar-refractivity contribution < 1.29 is 14.6 Å². The van der Waals surface area contributed by atoms with E-state index in [2.05, 4.69) is 4.74 Å². The lowest BCUT2D eigenvalue weighted by molar-refractivity contribution is 0.0601. The van der Waals surface area contributed by atoms with Crippen LogP contribution < -0.4 is 5.46 Å². The first kappa shape index (κ1) is 8.81. The summed E-state index contributed by atoms with van der Waals surface area (Å²) in [6.45, 7) is 0. The molecule has 0 saturated heterocycles. The van der Waals surface area contributed by atoms with Gasteiger partial charge >= 0.3 is 13.5 Å². The third-order valence-corrected chi connectivity index (χ3v) is 1.48. The molecule has 0 bridgehead atoms. The highest BCUT2D eigenvalue weighted by Crippen LogP contribution is 1.97. The third kappa shape index (κ3) is 1.86. The van der Waals surface area contributed by atoms with E-state index in [0.717, 1.165) is 7.48 Å². The number of hydrogen-bond donors (Lipinski definition) is 1. The first-order valence-corrected chi connectivity index (χ1v) is 3.43. The van der Waals surface area contributed by atoms with Gasteiger partial charge in [0.25, 0.3) is 0 Å². The van der Waals surface area contributed by atoms with Gasteiger partial charge in [-0.2, -0.15) is 0 Å². The first-order chi connectivity index (χ1) is 5.77. The Bertz CT molecular complexity index is 268. The number of carbonyl (C=O) groups excluding carboxylic acids is 1. The van der Waals surface area contributed by atoms with Crippen molar-refractivity contribution >= 4 is 18.9 Å². The molecule has 1 aromatic rings. The summed E-state index contributed by atoms with van der Waals surface area (Å²) < 4.78 is 4.50. The monoisotopic (exact) mass is 163 g/mol. The lowest BCUT2D eigenvalue weighted by Gasteiger charge is -1.98. The molecule has 0 aliphatic heterocycles. The molecular weight excluding hydrogens is 155 g/mol. The summed E-state index contributed by atoms with van der Waals surface area (Å²) in [6.07, 6.45) is 0. The normalized spacial score (nSPS) is 9.17. The van der Waals surface area contributed by atoms with E-state index in [-0.39, 0.29) is 5.97 Å². The summed E-state index contributed by atoms with van der Waals surface area (Å²) in [5.41, 5.74) is 1.13. The zero-order valence-electron chi connectivity index (χ0n) is 6.65. The number of esters is 1. The number of carbonyl (C=O) groups is 1. The fourth-order valence-corrected chi connectivity index (χ4v) is 0.823. The summed E-state index contributed by atoms with van der Waals surface area (Å²) >= 11 is 0. The average molecular weight is 163 g/mol. The van der Waals surface area contributed by atoms with Crippen LogP contribution in [0.2, 0.25) is 0 Å². The van der Waals surface area contributed by atoms with Gasteiger partial charge in [0, 0.05) is 0 Å². The van der Waals surface area contributed by atoms with E-state index < -0.39 is 0 Å². The maximum absolute atomic E-state index is 10.9. The summed E-state index contributed by atoms with van der Waals surface area (Å²) in [6, 6.07) is 6.44. The molecule has 0 aromatic heterocycles. The smallest absolute Gasteiger partial charge is 0.337 e. The van der Waals surface area contributed by atoms with E-state index >= 15 is 0 Å². The molecule has 1 N–H and O–H groups in total. The number of rotatable bonds is 2. The minimum atomic E-state index is -0.375. The van der Waals surface area contributed by atoms with Crippen molar-refractivity contribution in [2.24, 2.45) is 0 Å².